The summed E-state index contributed by atoms with van der Waals surface area (Å²) in [6, 6.07) is 0.234. The van der Waals surface area contributed by atoms with E-state index in [1.165, 1.54) is 0 Å². The first-order chi connectivity index (χ1) is 8.60. The van der Waals surface area contributed by atoms with Crippen molar-refractivity contribution in [2.75, 3.05) is 32.1 Å². The number of nitrogens with zero attached hydrogens (tertiary/aromatic N) is 4. The first-order valence-corrected chi connectivity index (χ1v) is 6.11. The molecule has 1 saturated heterocycles. The Kier molecular flexibility index (Phi) is 4.11. The van der Waals surface area contributed by atoms with Crippen LogP contribution in [0.3, 0.4) is 0 Å². The van der Waals surface area contributed by atoms with Crippen LogP contribution < -0.4 is 4.90 Å². The fraction of sp³-hybridized carbons (Fsp3) is 0.667. The molecule has 6 heteroatoms. The SMILES string of the molecule is CN(C)CC1CC(O)CN1c1cncc(CO)n1. The minimum Gasteiger partial charge on any atom is -0.391 e. The monoisotopic (exact) mass is 252 g/mol. The van der Waals surface area contributed by atoms with Crippen molar-refractivity contribution in [3.8, 4) is 0 Å². The maximum absolute atomic E-state index is 9.81. The van der Waals surface area contributed by atoms with Gasteiger partial charge in [-0.2, -0.15) is 0 Å². The van der Waals surface area contributed by atoms with Crippen molar-refractivity contribution < 1.29 is 10.2 Å². The Labute approximate surface area is 107 Å². The van der Waals surface area contributed by atoms with Crippen LogP contribution in [0.25, 0.3) is 0 Å². The van der Waals surface area contributed by atoms with E-state index < -0.39 is 0 Å². The van der Waals surface area contributed by atoms with Crippen molar-refractivity contribution in [2.24, 2.45) is 0 Å². The van der Waals surface area contributed by atoms with Crippen molar-refractivity contribution in [1.82, 2.24) is 14.9 Å². The first kappa shape index (κ1) is 13.2. The van der Waals surface area contributed by atoms with Crippen molar-refractivity contribution in [3.05, 3.63) is 18.1 Å². The highest BCUT2D eigenvalue weighted by molar-refractivity contribution is 5.40. The number of β-amino-alcohol motifs (C(OH)–C–C–N with tert-alkyl or cyclic N) is 1. The van der Waals surface area contributed by atoms with Gasteiger partial charge in [-0.25, -0.2) is 4.98 Å². The molecule has 1 fully saturated rings. The molecule has 2 heterocycles. The topological polar surface area (TPSA) is 72.7 Å². The van der Waals surface area contributed by atoms with Gasteiger partial charge in [0, 0.05) is 19.1 Å². The molecule has 0 bridgehead atoms. The lowest BCUT2D eigenvalue weighted by Gasteiger charge is -2.27. The molecule has 6 nitrogen and oxygen atoms in total. The molecular formula is C12H20N4O2. The van der Waals surface area contributed by atoms with E-state index in [1.807, 2.05) is 14.1 Å². The third-order valence-electron chi connectivity index (χ3n) is 3.10. The standard InChI is InChI=1S/C12H20N4O2/c1-15(2)6-10-3-11(18)7-16(10)12-5-13-4-9(8-17)14-12/h4-5,10-11,17-18H,3,6-8H2,1-2H3. The molecule has 18 heavy (non-hydrogen) atoms. The Morgan fingerprint density at radius 2 is 2.22 bits per heavy atom. The van der Waals surface area contributed by atoms with Gasteiger partial charge < -0.3 is 20.0 Å². The van der Waals surface area contributed by atoms with E-state index in [1.54, 1.807) is 12.4 Å². The van der Waals surface area contributed by atoms with E-state index in [9.17, 15) is 5.11 Å². The minimum atomic E-state index is -0.325. The Balaban J connectivity index is 2.18. The third kappa shape index (κ3) is 2.95. The van der Waals surface area contributed by atoms with E-state index in [2.05, 4.69) is 19.8 Å². The van der Waals surface area contributed by atoms with Crippen molar-refractivity contribution >= 4 is 5.82 Å². The number of anilines is 1. The van der Waals surface area contributed by atoms with E-state index in [0.717, 1.165) is 18.8 Å². The van der Waals surface area contributed by atoms with Crippen molar-refractivity contribution in [2.45, 2.75) is 25.2 Å². The summed E-state index contributed by atoms with van der Waals surface area (Å²) in [5, 5.41) is 18.9. The smallest absolute Gasteiger partial charge is 0.147 e. The predicted molar refractivity (Wildman–Crippen MR) is 68.3 cm³/mol. The Morgan fingerprint density at radius 3 is 2.89 bits per heavy atom. The van der Waals surface area contributed by atoms with Gasteiger partial charge in [-0.05, 0) is 20.5 Å². The minimum absolute atomic E-state index is 0.115. The predicted octanol–water partition coefficient (Wildman–Crippen LogP) is -0.530. The molecule has 2 unspecified atom stereocenters. The van der Waals surface area contributed by atoms with Gasteiger partial charge in [0.2, 0.25) is 0 Å². The molecule has 0 saturated carbocycles. The lowest BCUT2D eigenvalue weighted by molar-refractivity contribution is 0.191. The molecule has 1 aromatic heterocycles. The molecule has 2 rings (SSSR count). The van der Waals surface area contributed by atoms with Crippen LogP contribution in [0, 0.1) is 0 Å². The van der Waals surface area contributed by atoms with Crippen LogP contribution in [0.4, 0.5) is 5.82 Å². The molecule has 2 N–H and O–H groups in total. The summed E-state index contributed by atoms with van der Waals surface area (Å²) in [5.41, 5.74) is 0.553. The quantitative estimate of drug-likeness (QED) is 0.750. The normalized spacial score (nSPS) is 23.9. The first-order valence-electron chi connectivity index (χ1n) is 6.11. The van der Waals surface area contributed by atoms with Gasteiger partial charge in [0.05, 0.1) is 30.8 Å². The van der Waals surface area contributed by atoms with Crippen molar-refractivity contribution in [3.63, 3.8) is 0 Å². The van der Waals surface area contributed by atoms with Gasteiger partial charge in [0.25, 0.3) is 0 Å². The maximum atomic E-state index is 9.81. The van der Waals surface area contributed by atoms with Crippen LogP contribution in [0.1, 0.15) is 12.1 Å². The molecule has 100 valence electrons. The molecule has 0 aliphatic carbocycles. The number of hydrogen-bond acceptors (Lipinski definition) is 6. The van der Waals surface area contributed by atoms with Gasteiger partial charge in [0.1, 0.15) is 5.82 Å². The Morgan fingerprint density at radius 1 is 1.44 bits per heavy atom. The van der Waals surface area contributed by atoms with Crippen LogP contribution in [-0.2, 0) is 6.61 Å². The molecular weight excluding hydrogens is 232 g/mol. The molecule has 0 radical (unpaired) electrons. The summed E-state index contributed by atoms with van der Waals surface area (Å²) < 4.78 is 0. The van der Waals surface area contributed by atoms with Gasteiger partial charge in [-0.3, -0.25) is 4.98 Å². The number of likely N-dealkylation sites (N-methyl/N-ethyl adjacent to an activating group) is 1. The average Bonchev–Trinajstić information content (AvgIpc) is 2.69. The van der Waals surface area contributed by atoms with Gasteiger partial charge >= 0.3 is 0 Å². The van der Waals surface area contributed by atoms with E-state index >= 15 is 0 Å². The second-order valence-corrected chi connectivity index (χ2v) is 4.98. The summed E-state index contributed by atoms with van der Waals surface area (Å²) in [6.45, 7) is 1.32. The number of aromatic nitrogens is 2. The van der Waals surface area contributed by atoms with Gasteiger partial charge in [0.15, 0.2) is 0 Å². The van der Waals surface area contributed by atoms with Crippen LogP contribution in [-0.4, -0.2) is 64.4 Å². The van der Waals surface area contributed by atoms with Crippen LogP contribution in [0.5, 0.6) is 0 Å². The number of aliphatic hydroxyl groups excluding tert-OH is 2. The lowest BCUT2D eigenvalue weighted by Crippen LogP contribution is -2.38. The second kappa shape index (κ2) is 5.60. The zero-order chi connectivity index (χ0) is 13.1. The Bertz CT molecular complexity index is 399. The number of aliphatic hydroxyl groups is 2. The van der Waals surface area contributed by atoms with Gasteiger partial charge in [-0.1, -0.05) is 0 Å². The van der Waals surface area contributed by atoms with Crippen LogP contribution in [0.15, 0.2) is 12.4 Å². The molecule has 0 aromatic carbocycles. The van der Waals surface area contributed by atoms with Crippen LogP contribution >= 0.6 is 0 Å². The second-order valence-electron chi connectivity index (χ2n) is 4.98. The molecule has 0 spiro atoms. The average molecular weight is 252 g/mol. The highest BCUT2D eigenvalue weighted by Gasteiger charge is 2.32. The fourth-order valence-electron chi connectivity index (χ4n) is 2.38. The Hall–Kier alpha value is -1.24. The fourth-order valence-corrected chi connectivity index (χ4v) is 2.38. The van der Waals surface area contributed by atoms with E-state index in [4.69, 9.17) is 5.11 Å². The molecule has 2 atom stereocenters. The van der Waals surface area contributed by atoms with Crippen molar-refractivity contribution in [1.29, 1.82) is 0 Å². The molecule has 1 aliphatic rings. The highest BCUT2D eigenvalue weighted by atomic mass is 16.3. The zero-order valence-corrected chi connectivity index (χ0v) is 10.8. The molecule has 1 aliphatic heterocycles. The van der Waals surface area contributed by atoms with E-state index in [-0.39, 0.29) is 18.8 Å². The maximum Gasteiger partial charge on any atom is 0.147 e. The largest absolute Gasteiger partial charge is 0.391 e. The number of rotatable bonds is 4. The van der Waals surface area contributed by atoms with Gasteiger partial charge in [-0.15, -0.1) is 0 Å². The highest BCUT2D eigenvalue weighted by Crippen LogP contribution is 2.24. The zero-order valence-electron chi connectivity index (χ0n) is 10.8. The lowest BCUT2D eigenvalue weighted by atomic mass is 10.2. The third-order valence-corrected chi connectivity index (χ3v) is 3.10. The molecule has 0 amide bonds. The number of hydrogen-bond donors (Lipinski definition) is 2. The summed E-state index contributed by atoms with van der Waals surface area (Å²) in [4.78, 5) is 12.6. The molecule has 1 aromatic rings. The summed E-state index contributed by atoms with van der Waals surface area (Å²) in [7, 11) is 4.03. The summed E-state index contributed by atoms with van der Waals surface area (Å²) >= 11 is 0. The summed E-state index contributed by atoms with van der Waals surface area (Å²) in [5.74, 6) is 0.727. The van der Waals surface area contributed by atoms with Crippen LogP contribution in [0.2, 0.25) is 0 Å². The summed E-state index contributed by atoms with van der Waals surface area (Å²) in [6.07, 6.45) is 3.65. The van der Waals surface area contributed by atoms with E-state index in [0.29, 0.717) is 12.2 Å².